The molecule has 0 aliphatic heterocycles. The Kier molecular flexibility index (Phi) is 4.80. The van der Waals surface area contributed by atoms with E-state index in [1.807, 2.05) is 0 Å². The van der Waals surface area contributed by atoms with Crippen LogP contribution >= 0.6 is 0 Å². The summed E-state index contributed by atoms with van der Waals surface area (Å²) in [5.74, 6) is 1.22. The number of unbranched alkanes of at least 4 members (excludes halogenated alkanes) is 2. The molecular formula is C21H26N2. The molecule has 0 fully saturated rings. The van der Waals surface area contributed by atoms with Crippen LogP contribution in [0, 0.1) is 13.8 Å². The monoisotopic (exact) mass is 306 g/mol. The molecule has 3 rings (SSSR count). The molecule has 23 heavy (non-hydrogen) atoms. The number of hydrogen-bond donors (Lipinski definition) is 0. The van der Waals surface area contributed by atoms with Gasteiger partial charge >= 0.3 is 0 Å². The standard InChI is InChI=1S/C21H26N2/c1-4-5-6-11-21-22-19-9-7-8-10-20(19)23(21)15-18-14-16(2)12-13-17(18)3/h7-10,12-14H,4-6,11,15H2,1-3H3. The summed E-state index contributed by atoms with van der Waals surface area (Å²) in [6.07, 6.45) is 4.80. The Morgan fingerprint density at radius 2 is 1.83 bits per heavy atom. The number of aromatic nitrogens is 2. The van der Waals surface area contributed by atoms with Gasteiger partial charge in [-0.25, -0.2) is 4.98 Å². The number of rotatable bonds is 6. The molecule has 0 saturated heterocycles. The SMILES string of the molecule is CCCCCc1nc2ccccc2n1Cc1cc(C)ccc1C. The van der Waals surface area contributed by atoms with Crippen molar-refractivity contribution >= 4 is 11.0 Å². The fourth-order valence-corrected chi connectivity index (χ4v) is 3.17. The summed E-state index contributed by atoms with van der Waals surface area (Å²) in [5.41, 5.74) is 6.43. The largest absolute Gasteiger partial charge is 0.323 e. The van der Waals surface area contributed by atoms with E-state index in [2.05, 4.69) is 67.8 Å². The number of nitrogens with zero attached hydrogens (tertiary/aromatic N) is 2. The Bertz CT molecular complexity index is 799. The summed E-state index contributed by atoms with van der Waals surface area (Å²) in [7, 11) is 0. The van der Waals surface area contributed by atoms with Crippen LogP contribution in [0.3, 0.4) is 0 Å². The van der Waals surface area contributed by atoms with Crippen LogP contribution in [0.15, 0.2) is 42.5 Å². The number of para-hydroxylation sites is 2. The number of hydrogen-bond acceptors (Lipinski definition) is 1. The van der Waals surface area contributed by atoms with Crippen molar-refractivity contribution in [1.82, 2.24) is 9.55 Å². The van der Waals surface area contributed by atoms with Gasteiger partial charge in [-0.15, -0.1) is 0 Å². The maximum absolute atomic E-state index is 4.90. The predicted molar refractivity (Wildman–Crippen MR) is 98.0 cm³/mol. The number of fused-ring (bicyclic) bond motifs is 1. The van der Waals surface area contributed by atoms with Gasteiger partial charge in [0, 0.05) is 13.0 Å². The molecule has 0 unspecified atom stereocenters. The van der Waals surface area contributed by atoms with Gasteiger partial charge in [0.2, 0.25) is 0 Å². The van der Waals surface area contributed by atoms with Crippen LogP contribution in [0.4, 0.5) is 0 Å². The van der Waals surface area contributed by atoms with Crippen molar-refractivity contribution in [3.05, 3.63) is 65.0 Å². The third-order valence-corrected chi connectivity index (χ3v) is 4.57. The lowest BCUT2D eigenvalue weighted by Gasteiger charge is -2.12. The van der Waals surface area contributed by atoms with Crippen LogP contribution in [0.25, 0.3) is 11.0 Å². The average molecular weight is 306 g/mol. The summed E-state index contributed by atoms with van der Waals surface area (Å²) in [4.78, 5) is 4.90. The van der Waals surface area contributed by atoms with Crippen LogP contribution in [-0.4, -0.2) is 9.55 Å². The van der Waals surface area contributed by atoms with Gasteiger partial charge in [0.25, 0.3) is 0 Å². The van der Waals surface area contributed by atoms with Crippen molar-refractivity contribution in [2.24, 2.45) is 0 Å². The molecule has 2 heteroatoms. The second-order valence-corrected chi connectivity index (χ2v) is 6.49. The number of benzene rings is 2. The normalized spacial score (nSPS) is 11.3. The lowest BCUT2D eigenvalue weighted by molar-refractivity contribution is 0.658. The van der Waals surface area contributed by atoms with Crippen molar-refractivity contribution in [3.63, 3.8) is 0 Å². The highest BCUT2D eigenvalue weighted by atomic mass is 15.1. The summed E-state index contributed by atoms with van der Waals surface area (Å²) < 4.78 is 2.41. The van der Waals surface area contributed by atoms with Crippen LogP contribution in [0.2, 0.25) is 0 Å². The van der Waals surface area contributed by atoms with E-state index in [1.165, 1.54) is 47.3 Å². The van der Waals surface area contributed by atoms with Gasteiger partial charge < -0.3 is 4.57 Å². The highest BCUT2D eigenvalue weighted by Crippen LogP contribution is 2.21. The average Bonchev–Trinajstić information content (AvgIpc) is 2.89. The molecule has 0 radical (unpaired) electrons. The Morgan fingerprint density at radius 1 is 1.00 bits per heavy atom. The number of aryl methyl sites for hydroxylation is 3. The molecule has 1 heterocycles. The lowest BCUT2D eigenvalue weighted by atomic mass is 10.1. The Morgan fingerprint density at radius 3 is 2.65 bits per heavy atom. The van der Waals surface area contributed by atoms with E-state index in [4.69, 9.17) is 4.98 Å². The Balaban J connectivity index is 2.00. The summed E-state index contributed by atoms with van der Waals surface area (Å²) in [6.45, 7) is 7.52. The van der Waals surface area contributed by atoms with Crippen LogP contribution in [-0.2, 0) is 13.0 Å². The first-order valence-corrected chi connectivity index (χ1v) is 8.69. The fourth-order valence-electron chi connectivity index (χ4n) is 3.17. The van der Waals surface area contributed by atoms with Crippen molar-refractivity contribution in [2.45, 2.75) is 53.0 Å². The first-order valence-electron chi connectivity index (χ1n) is 8.69. The van der Waals surface area contributed by atoms with Gasteiger partial charge in [-0.2, -0.15) is 0 Å². The molecule has 120 valence electrons. The minimum atomic E-state index is 0.912. The molecule has 0 atom stereocenters. The second kappa shape index (κ2) is 6.99. The Labute approximate surface area is 139 Å². The van der Waals surface area contributed by atoms with Gasteiger partial charge in [0.15, 0.2) is 0 Å². The summed E-state index contributed by atoms with van der Waals surface area (Å²) >= 11 is 0. The molecule has 0 aliphatic rings. The maximum Gasteiger partial charge on any atom is 0.110 e. The number of imidazole rings is 1. The molecule has 0 amide bonds. The quantitative estimate of drug-likeness (QED) is 0.555. The van der Waals surface area contributed by atoms with Gasteiger partial charge in [0.1, 0.15) is 5.82 Å². The van der Waals surface area contributed by atoms with Crippen LogP contribution < -0.4 is 0 Å². The van der Waals surface area contributed by atoms with E-state index in [0.717, 1.165) is 18.5 Å². The third-order valence-electron chi connectivity index (χ3n) is 4.57. The highest BCUT2D eigenvalue weighted by molar-refractivity contribution is 5.76. The molecular weight excluding hydrogens is 280 g/mol. The maximum atomic E-state index is 4.90. The molecule has 0 aliphatic carbocycles. The van der Waals surface area contributed by atoms with E-state index < -0.39 is 0 Å². The van der Waals surface area contributed by atoms with Crippen molar-refractivity contribution < 1.29 is 0 Å². The minimum Gasteiger partial charge on any atom is -0.323 e. The summed E-state index contributed by atoms with van der Waals surface area (Å²) in [5, 5.41) is 0. The zero-order valence-corrected chi connectivity index (χ0v) is 14.5. The van der Waals surface area contributed by atoms with Gasteiger partial charge in [-0.05, 0) is 43.5 Å². The molecule has 2 aromatic carbocycles. The van der Waals surface area contributed by atoms with Crippen molar-refractivity contribution in [1.29, 1.82) is 0 Å². The van der Waals surface area contributed by atoms with E-state index in [1.54, 1.807) is 0 Å². The first kappa shape index (κ1) is 15.8. The van der Waals surface area contributed by atoms with Crippen LogP contribution in [0.5, 0.6) is 0 Å². The highest BCUT2D eigenvalue weighted by Gasteiger charge is 2.11. The fraction of sp³-hybridized carbons (Fsp3) is 0.381. The summed E-state index contributed by atoms with van der Waals surface area (Å²) in [6, 6.07) is 15.2. The van der Waals surface area contributed by atoms with Crippen LogP contribution in [0.1, 0.15) is 48.7 Å². The molecule has 1 aromatic heterocycles. The van der Waals surface area contributed by atoms with E-state index >= 15 is 0 Å². The molecule has 3 aromatic rings. The van der Waals surface area contributed by atoms with Gasteiger partial charge in [0.05, 0.1) is 11.0 Å². The van der Waals surface area contributed by atoms with Gasteiger partial charge in [-0.3, -0.25) is 0 Å². The molecule has 0 spiro atoms. The van der Waals surface area contributed by atoms with Gasteiger partial charge in [-0.1, -0.05) is 55.7 Å². The molecule has 2 nitrogen and oxygen atoms in total. The molecule has 0 saturated carbocycles. The zero-order chi connectivity index (χ0) is 16.2. The topological polar surface area (TPSA) is 17.8 Å². The van der Waals surface area contributed by atoms with E-state index in [0.29, 0.717) is 0 Å². The first-order chi connectivity index (χ1) is 11.2. The zero-order valence-electron chi connectivity index (χ0n) is 14.5. The lowest BCUT2D eigenvalue weighted by Crippen LogP contribution is -2.07. The Hall–Kier alpha value is -2.09. The van der Waals surface area contributed by atoms with E-state index in [9.17, 15) is 0 Å². The molecule has 0 N–H and O–H groups in total. The van der Waals surface area contributed by atoms with Crippen molar-refractivity contribution in [2.75, 3.05) is 0 Å². The molecule has 0 bridgehead atoms. The minimum absolute atomic E-state index is 0.912. The van der Waals surface area contributed by atoms with E-state index in [-0.39, 0.29) is 0 Å². The second-order valence-electron chi connectivity index (χ2n) is 6.49. The van der Waals surface area contributed by atoms with Crippen molar-refractivity contribution in [3.8, 4) is 0 Å². The third kappa shape index (κ3) is 3.47. The smallest absolute Gasteiger partial charge is 0.110 e. The predicted octanol–water partition coefficient (Wildman–Crippen LogP) is 5.43.